The van der Waals surface area contributed by atoms with Crippen LogP contribution in [0, 0.1) is 0 Å². The molecule has 1 aliphatic heterocycles. The van der Waals surface area contributed by atoms with E-state index in [1.54, 1.807) is 7.11 Å². The number of methoxy groups -OCH3 is 1. The molecule has 2 aromatic rings. The van der Waals surface area contributed by atoms with Gasteiger partial charge in [-0.15, -0.1) is 0 Å². The molecule has 1 aliphatic rings. The number of hydrogen-bond donors (Lipinski definition) is 2. The molecule has 144 valence electrons. The summed E-state index contributed by atoms with van der Waals surface area (Å²) < 4.78 is 5.16. The van der Waals surface area contributed by atoms with Crippen molar-refractivity contribution in [1.82, 2.24) is 15.3 Å². The van der Waals surface area contributed by atoms with E-state index in [2.05, 4.69) is 25.5 Å². The first kappa shape index (κ1) is 19.6. The summed E-state index contributed by atoms with van der Waals surface area (Å²) in [6.45, 7) is 2.58. The van der Waals surface area contributed by atoms with Crippen LogP contribution < -0.4 is 20.3 Å². The summed E-state index contributed by atoms with van der Waals surface area (Å²) in [4.78, 5) is 11.1. The van der Waals surface area contributed by atoms with Crippen LogP contribution in [0.25, 0.3) is 0 Å². The van der Waals surface area contributed by atoms with E-state index in [4.69, 9.17) is 28.6 Å². The molecule has 0 amide bonds. The second-order valence-electron chi connectivity index (χ2n) is 6.43. The minimum absolute atomic E-state index is 0.407. The third kappa shape index (κ3) is 5.94. The number of hydrogen-bond acceptors (Lipinski definition) is 5. The van der Waals surface area contributed by atoms with Crippen LogP contribution in [0.15, 0.2) is 30.3 Å². The molecule has 1 aromatic heterocycles. The van der Waals surface area contributed by atoms with E-state index < -0.39 is 0 Å². The molecule has 0 unspecified atom stereocenters. The lowest BCUT2D eigenvalue weighted by atomic mass is 10.2. The van der Waals surface area contributed by atoms with Gasteiger partial charge in [0.15, 0.2) is 5.11 Å². The van der Waals surface area contributed by atoms with Crippen molar-refractivity contribution in [2.75, 3.05) is 30.4 Å². The predicted molar refractivity (Wildman–Crippen MR) is 114 cm³/mol. The first-order valence-electron chi connectivity index (χ1n) is 9.11. The molecule has 1 aromatic carbocycles. The van der Waals surface area contributed by atoms with E-state index >= 15 is 0 Å². The van der Waals surface area contributed by atoms with Gasteiger partial charge in [0.2, 0.25) is 5.95 Å². The fraction of sp³-hybridized carbons (Fsp3) is 0.421. The molecule has 3 rings (SSSR count). The van der Waals surface area contributed by atoms with E-state index in [-0.39, 0.29) is 0 Å². The molecule has 1 saturated heterocycles. The Morgan fingerprint density at radius 2 is 1.85 bits per heavy atom. The average Bonchev–Trinajstić information content (AvgIpc) is 2.96. The number of benzene rings is 1. The van der Waals surface area contributed by atoms with E-state index in [9.17, 15) is 0 Å². The number of rotatable bonds is 5. The van der Waals surface area contributed by atoms with Gasteiger partial charge in [-0.25, -0.2) is 4.98 Å². The van der Waals surface area contributed by atoms with Gasteiger partial charge in [0.1, 0.15) is 16.7 Å². The molecule has 0 aliphatic carbocycles. The number of nitrogens with one attached hydrogen (secondary N) is 2. The van der Waals surface area contributed by atoms with Crippen LogP contribution in [0.2, 0.25) is 5.15 Å². The van der Waals surface area contributed by atoms with E-state index in [0.29, 0.717) is 22.8 Å². The fourth-order valence-corrected chi connectivity index (χ4v) is 3.34. The molecule has 8 heteroatoms. The van der Waals surface area contributed by atoms with Gasteiger partial charge in [0.25, 0.3) is 0 Å². The summed E-state index contributed by atoms with van der Waals surface area (Å²) in [5.74, 6) is 2.08. The summed E-state index contributed by atoms with van der Waals surface area (Å²) in [5, 5.41) is 7.05. The van der Waals surface area contributed by atoms with E-state index in [1.165, 1.54) is 25.7 Å². The Kier molecular flexibility index (Phi) is 7.06. The summed E-state index contributed by atoms with van der Waals surface area (Å²) in [6, 6.07) is 9.62. The molecule has 0 saturated carbocycles. The van der Waals surface area contributed by atoms with Crippen molar-refractivity contribution in [3.63, 3.8) is 0 Å². The van der Waals surface area contributed by atoms with Gasteiger partial charge in [-0.2, -0.15) is 4.98 Å². The van der Waals surface area contributed by atoms with Gasteiger partial charge in [-0.05, 0) is 42.8 Å². The highest BCUT2D eigenvalue weighted by Gasteiger charge is 2.14. The number of halogens is 1. The molecule has 2 heterocycles. The Bertz CT molecular complexity index is 763. The summed E-state index contributed by atoms with van der Waals surface area (Å²) in [6.07, 6.45) is 4.87. The zero-order valence-electron chi connectivity index (χ0n) is 15.4. The highest BCUT2D eigenvalue weighted by Crippen LogP contribution is 2.21. The van der Waals surface area contributed by atoms with Gasteiger partial charge >= 0.3 is 0 Å². The Morgan fingerprint density at radius 3 is 2.52 bits per heavy atom. The van der Waals surface area contributed by atoms with Crippen molar-refractivity contribution < 1.29 is 4.74 Å². The zero-order valence-corrected chi connectivity index (χ0v) is 16.9. The zero-order chi connectivity index (χ0) is 19.1. The Morgan fingerprint density at radius 1 is 1.15 bits per heavy atom. The lowest BCUT2D eigenvalue weighted by Crippen LogP contribution is -2.30. The van der Waals surface area contributed by atoms with E-state index in [1.807, 2.05) is 30.3 Å². The lowest BCUT2D eigenvalue weighted by Gasteiger charge is -2.22. The van der Waals surface area contributed by atoms with Crippen molar-refractivity contribution in [2.24, 2.45) is 0 Å². The van der Waals surface area contributed by atoms with Gasteiger partial charge < -0.3 is 20.3 Å². The maximum absolute atomic E-state index is 6.20. The lowest BCUT2D eigenvalue weighted by molar-refractivity contribution is 0.414. The Hall–Kier alpha value is -2.12. The number of thiocarbonyl (C=S) groups is 1. The van der Waals surface area contributed by atoms with Crippen LogP contribution in [-0.4, -0.2) is 35.3 Å². The van der Waals surface area contributed by atoms with Gasteiger partial charge in [0, 0.05) is 25.7 Å². The third-order valence-electron chi connectivity index (χ3n) is 4.45. The van der Waals surface area contributed by atoms with Crippen LogP contribution in [0.1, 0.15) is 31.2 Å². The smallest absolute Gasteiger partial charge is 0.232 e. The van der Waals surface area contributed by atoms with Crippen LogP contribution in [0.5, 0.6) is 5.75 Å². The third-order valence-corrected chi connectivity index (χ3v) is 4.89. The summed E-state index contributed by atoms with van der Waals surface area (Å²) >= 11 is 11.6. The highest BCUT2D eigenvalue weighted by atomic mass is 35.5. The summed E-state index contributed by atoms with van der Waals surface area (Å²) in [5.41, 5.74) is 1.09. The van der Waals surface area contributed by atoms with E-state index in [0.717, 1.165) is 30.2 Å². The second kappa shape index (κ2) is 9.71. The van der Waals surface area contributed by atoms with Crippen molar-refractivity contribution in [2.45, 2.75) is 32.2 Å². The van der Waals surface area contributed by atoms with Crippen molar-refractivity contribution in [3.05, 3.63) is 41.0 Å². The molecule has 0 spiro atoms. The Balaban J connectivity index is 1.59. The molecule has 6 nitrogen and oxygen atoms in total. The van der Waals surface area contributed by atoms with Crippen LogP contribution in [0.3, 0.4) is 0 Å². The minimum Gasteiger partial charge on any atom is -0.497 e. The first-order chi connectivity index (χ1) is 13.1. The average molecular weight is 406 g/mol. The molecule has 0 atom stereocenters. The number of nitrogens with zero attached hydrogens (tertiary/aromatic N) is 3. The van der Waals surface area contributed by atoms with Crippen LogP contribution in [0.4, 0.5) is 11.8 Å². The number of aromatic nitrogens is 2. The molecule has 0 bridgehead atoms. The second-order valence-corrected chi connectivity index (χ2v) is 7.22. The minimum atomic E-state index is 0.407. The Labute approximate surface area is 170 Å². The quantitative estimate of drug-likeness (QED) is 0.575. The molecule has 1 fully saturated rings. The SMILES string of the molecule is COc1ccc(CNC(=S)Nc2nc(Cl)cc(N3CCCCCC3)n2)cc1. The van der Waals surface area contributed by atoms with Crippen molar-refractivity contribution >= 4 is 40.7 Å². The van der Waals surface area contributed by atoms with Crippen LogP contribution in [-0.2, 0) is 6.54 Å². The number of ether oxygens (including phenoxy) is 1. The maximum Gasteiger partial charge on any atom is 0.232 e. The summed E-state index contributed by atoms with van der Waals surface area (Å²) in [7, 11) is 1.65. The largest absolute Gasteiger partial charge is 0.497 e. The predicted octanol–water partition coefficient (Wildman–Crippen LogP) is 4.01. The van der Waals surface area contributed by atoms with Gasteiger partial charge in [-0.3, -0.25) is 0 Å². The number of anilines is 2. The first-order valence-corrected chi connectivity index (χ1v) is 9.90. The van der Waals surface area contributed by atoms with Gasteiger partial charge in [-0.1, -0.05) is 36.6 Å². The monoisotopic (exact) mass is 405 g/mol. The molecule has 0 radical (unpaired) electrons. The van der Waals surface area contributed by atoms with Crippen molar-refractivity contribution in [1.29, 1.82) is 0 Å². The molecule has 2 N–H and O–H groups in total. The normalized spacial score (nSPS) is 14.4. The van der Waals surface area contributed by atoms with Crippen molar-refractivity contribution in [3.8, 4) is 5.75 Å². The van der Waals surface area contributed by atoms with Gasteiger partial charge in [0.05, 0.1) is 7.11 Å². The molecular formula is C19H24ClN5OS. The van der Waals surface area contributed by atoms with Crippen LogP contribution >= 0.6 is 23.8 Å². The maximum atomic E-state index is 6.20. The standard InChI is InChI=1S/C19H24ClN5OS/c1-26-15-8-6-14(7-9-15)13-21-19(27)24-18-22-16(20)12-17(23-18)25-10-4-2-3-5-11-25/h6-9,12H,2-5,10-11,13H2,1H3,(H2,21,22,23,24,27). The topological polar surface area (TPSA) is 62.3 Å². The molecular weight excluding hydrogens is 382 g/mol. The molecule has 27 heavy (non-hydrogen) atoms. The fourth-order valence-electron chi connectivity index (χ4n) is 2.99. The highest BCUT2D eigenvalue weighted by molar-refractivity contribution is 7.80.